The first kappa shape index (κ1) is 11.2. The van der Waals surface area contributed by atoms with E-state index in [2.05, 4.69) is 43.3 Å². The quantitative estimate of drug-likeness (QED) is 0.824. The SMILES string of the molecule is CCCCc1ccc2ccccc2c1CN. The normalized spacial score (nSPS) is 10.9. The molecule has 2 rings (SSSR count). The van der Waals surface area contributed by atoms with Gasteiger partial charge in [0.15, 0.2) is 0 Å². The zero-order valence-corrected chi connectivity index (χ0v) is 9.87. The molecule has 0 aliphatic heterocycles. The molecule has 0 aromatic heterocycles. The summed E-state index contributed by atoms with van der Waals surface area (Å²) in [5, 5.41) is 2.61. The highest BCUT2D eigenvalue weighted by Crippen LogP contribution is 2.23. The highest BCUT2D eigenvalue weighted by Gasteiger charge is 2.05. The van der Waals surface area contributed by atoms with Gasteiger partial charge in [-0.05, 0) is 34.7 Å². The van der Waals surface area contributed by atoms with Gasteiger partial charge in [-0.2, -0.15) is 0 Å². The van der Waals surface area contributed by atoms with Crippen molar-refractivity contribution in [2.45, 2.75) is 32.7 Å². The number of fused-ring (bicyclic) bond motifs is 1. The van der Waals surface area contributed by atoms with Crippen LogP contribution in [0.2, 0.25) is 0 Å². The molecular formula is C15H19N. The van der Waals surface area contributed by atoms with E-state index in [1.807, 2.05) is 0 Å². The summed E-state index contributed by atoms with van der Waals surface area (Å²) >= 11 is 0. The van der Waals surface area contributed by atoms with Gasteiger partial charge in [0.2, 0.25) is 0 Å². The number of rotatable bonds is 4. The Morgan fingerprint density at radius 2 is 1.88 bits per heavy atom. The molecule has 1 heteroatoms. The lowest BCUT2D eigenvalue weighted by atomic mass is 9.96. The van der Waals surface area contributed by atoms with Crippen molar-refractivity contribution in [1.29, 1.82) is 0 Å². The topological polar surface area (TPSA) is 26.0 Å². The van der Waals surface area contributed by atoms with Crippen LogP contribution in [0, 0.1) is 0 Å². The van der Waals surface area contributed by atoms with Gasteiger partial charge in [-0.3, -0.25) is 0 Å². The van der Waals surface area contributed by atoms with Crippen molar-refractivity contribution in [1.82, 2.24) is 0 Å². The smallest absolute Gasteiger partial charge is 0.0187 e. The third kappa shape index (κ3) is 2.10. The predicted octanol–water partition coefficient (Wildman–Crippen LogP) is 3.64. The summed E-state index contributed by atoms with van der Waals surface area (Å²) in [5.74, 6) is 0. The van der Waals surface area contributed by atoms with Crippen molar-refractivity contribution >= 4 is 10.8 Å². The Morgan fingerprint density at radius 3 is 2.62 bits per heavy atom. The summed E-state index contributed by atoms with van der Waals surface area (Å²) in [6, 6.07) is 12.9. The van der Waals surface area contributed by atoms with Crippen molar-refractivity contribution < 1.29 is 0 Å². The van der Waals surface area contributed by atoms with Gasteiger partial charge in [-0.15, -0.1) is 0 Å². The monoisotopic (exact) mass is 213 g/mol. The molecule has 0 saturated heterocycles. The number of hydrogen-bond donors (Lipinski definition) is 1. The van der Waals surface area contributed by atoms with Crippen molar-refractivity contribution in [3.05, 3.63) is 47.5 Å². The van der Waals surface area contributed by atoms with Crippen molar-refractivity contribution in [3.8, 4) is 0 Å². The number of nitrogens with two attached hydrogens (primary N) is 1. The maximum absolute atomic E-state index is 5.89. The minimum absolute atomic E-state index is 0.639. The molecule has 0 unspecified atom stereocenters. The Balaban J connectivity index is 2.50. The molecule has 2 aromatic rings. The minimum atomic E-state index is 0.639. The van der Waals surface area contributed by atoms with Crippen LogP contribution < -0.4 is 5.73 Å². The molecular weight excluding hydrogens is 194 g/mol. The number of benzene rings is 2. The second-order valence-corrected chi connectivity index (χ2v) is 4.23. The Kier molecular flexibility index (Phi) is 3.58. The maximum Gasteiger partial charge on any atom is 0.0187 e. The standard InChI is InChI=1S/C15H19N/c1-2-3-6-13-10-9-12-7-4-5-8-14(12)15(13)11-16/h4-5,7-10H,2-3,6,11,16H2,1H3. The Hall–Kier alpha value is -1.34. The molecule has 0 fully saturated rings. The fourth-order valence-corrected chi connectivity index (χ4v) is 2.22. The number of hydrogen-bond acceptors (Lipinski definition) is 1. The summed E-state index contributed by atoms with van der Waals surface area (Å²) in [7, 11) is 0. The second kappa shape index (κ2) is 5.13. The fraction of sp³-hybridized carbons (Fsp3) is 0.333. The van der Waals surface area contributed by atoms with Crippen LogP contribution in [0.1, 0.15) is 30.9 Å². The van der Waals surface area contributed by atoms with E-state index in [4.69, 9.17) is 5.73 Å². The molecule has 0 radical (unpaired) electrons. The molecule has 0 aliphatic carbocycles. The lowest BCUT2D eigenvalue weighted by molar-refractivity contribution is 0.787. The highest BCUT2D eigenvalue weighted by molar-refractivity contribution is 5.86. The third-order valence-corrected chi connectivity index (χ3v) is 3.14. The third-order valence-electron chi connectivity index (χ3n) is 3.14. The van der Waals surface area contributed by atoms with Crippen LogP contribution in [0.4, 0.5) is 0 Å². The molecule has 1 nitrogen and oxygen atoms in total. The van der Waals surface area contributed by atoms with Crippen LogP contribution in [-0.4, -0.2) is 0 Å². The molecule has 2 N–H and O–H groups in total. The van der Waals surface area contributed by atoms with E-state index in [0.717, 1.165) is 6.42 Å². The lowest BCUT2D eigenvalue weighted by Gasteiger charge is -2.11. The van der Waals surface area contributed by atoms with Crippen LogP contribution in [0.15, 0.2) is 36.4 Å². The van der Waals surface area contributed by atoms with Crippen LogP contribution in [0.3, 0.4) is 0 Å². The lowest BCUT2D eigenvalue weighted by Crippen LogP contribution is -2.02. The Labute approximate surface area is 97.3 Å². The van der Waals surface area contributed by atoms with Crippen molar-refractivity contribution in [2.24, 2.45) is 5.73 Å². The van der Waals surface area contributed by atoms with Gasteiger partial charge in [0.1, 0.15) is 0 Å². The molecule has 0 amide bonds. The molecule has 0 atom stereocenters. The van der Waals surface area contributed by atoms with E-state index in [9.17, 15) is 0 Å². The Bertz CT molecular complexity index is 474. The fourth-order valence-electron chi connectivity index (χ4n) is 2.22. The van der Waals surface area contributed by atoms with E-state index < -0.39 is 0 Å². The summed E-state index contributed by atoms with van der Waals surface area (Å²) in [5.41, 5.74) is 8.63. The first-order chi connectivity index (χ1) is 7.86. The van der Waals surface area contributed by atoms with Gasteiger partial charge in [0.25, 0.3) is 0 Å². The molecule has 0 saturated carbocycles. The van der Waals surface area contributed by atoms with Gasteiger partial charge in [-0.1, -0.05) is 49.7 Å². The highest BCUT2D eigenvalue weighted by atomic mass is 14.5. The van der Waals surface area contributed by atoms with Gasteiger partial charge in [0.05, 0.1) is 0 Å². The summed E-state index contributed by atoms with van der Waals surface area (Å²) in [6.45, 7) is 2.86. The number of aryl methyl sites for hydroxylation is 1. The van der Waals surface area contributed by atoms with Crippen LogP contribution in [-0.2, 0) is 13.0 Å². The van der Waals surface area contributed by atoms with E-state index in [1.54, 1.807) is 0 Å². The number of unbranched alkanes of at least 4 members (excludes halogenated alkanes) is 1. The van der Waals surface area contributed by atoms with Crippen molar-refractivity contribution in [3.63, 3.8) is 0 Å². The zero-order valence-electron chi connectivity index (χ0n) is 9.87. The Morgan fingerprint density at radius 1 is 1.06 bits per heavy atom. The van der Waals surface area contributed by atoms with E-state index >= 15 is 0 Å². The summed E-state index contributed by atoms with van der Waals surface area (Å²) in [4.78, 5) is 0. The minimum Gasteiger partial charge on any atom is -0.326 e. The predicted molar refractivity (Wildman–Crippen MR) is 70.5 cm³/mol. The van der Waals surface area contributed by atoms with E-state index in [-0.39, 0.29) is 0 Å². The molecule has 0 spiro atoms. The van der Waals surface area contributed by atoms with Crippen LogP contribution >= 0.6 is 0 Å². The van der Waals surface area contributed by atoms with Crippen molar-refractivity contribution in [2.75, 3.05) is 0 Å². The summed E-state index contributed by atoms with van der Waals surface area (Å²) in [6.07, 6.45) is 3.62. The summed E-state index contributed by atoms with van der Waals surface area (Å²) < 4.78 is 0. The zero-order chi connectivity index (χ0) is 11.4. The molecule has 0 heterocycles. The molecule has 2 aromatic carbocycles. The molecule has 0 aliphatic rings. The van der Waals surface area contributed by atoms with Gasteiger partial charge in [0, 0.05) is 6.54 Å². The van der Waals surface area contributed by atoms with E-state index in [1.165, 1.54) is 34.7 Å². The molecule has 84 valence electrons. The average Bonchev–Trinajstić information content (AvgIpc) is 2.35. The first-order valence-electron chi connectivity index (χ1n) is 6.06. The van der Waals surface area contributed by atoms with Crippen LogP contribution in [0.25, 0.3) is 10.8 Å². The van der Waals surface area contributed by atoms with Crippen LogP contribution in [0.5, 0.6) is 0 Å². The maximum atomic E-state index is 5.89. The second-order valence-electron chi connectivity index (χ2n) is 4.23. The molecule has 16 heavy (non-hydrogen) atoms. The molecule has 0 bridgehead atoms. The van der Waals surface area contributed by atoms with Gasteiger partial charge >= 0.3 is 0 Å². The first-order valence-corrected chi connectivity index (χ1v) is 6.06. The van der Waals surface area contributed by atoms with E-state index in [0.29, 0.717) is 6.54 Å². The van der Waals surface area contributed by atoms with Gasteiger partial charge in [-0.25, -0.2) is 0 Å². The van der Waals surface area contributed by atoms with Gasteiger partial charge < -0.3 is 5.73 Å². The largest absolute Gasteiger partial charge is 0.326 e. The average molecular weight is 213 g/mol.